The van der Waals surface area contributed by atoms with E-state index in [4.69, 9.17) is 11.6 Å². The van der Waals surface area contributed by atoms with Crippen molar-refractivity contribution in [3.8, 4) is 0 Å². The van der Waals surface area contributed by atoms with Gasteiger partial charge in [-0.1, -0.05) is 18.5 Å². The molecule has 2 heterocycles. The summed E-state index contributed by atoms with van der Waals surface area (Å²) in [5.41, 5.74) is 2.17. The molecule has 0 fully saturated rings. The topological polar surface area (TPSA) is 42.7 Å². The molecule has 19 heavy (non-hydrogen) atoms. The second-order valence-corrected chi connectivity index (χ2v) is 4.82. The fourth-order valence-electron chi connectivity index (χ4n) is 2.02. The van der Waals surface area contributed by atoms with Gasteiger partial charge in [0, 0.05) is 30.7 Å². The van der Waals surface area contributed by atoms with Crippen LogP contribution in [0.4, 0.5) is 0 Å². The quantitative estimate of drug-likeness (QED) is 0.883. The number of nitrogens with zero attached hydrogens (tertiary/aromatic N) is 3. The zero-order valence-corrected chi connectivity index (χ0v) is 12.1. The van der Waals surface area contributed by atoms with Crippen LogP contribution in [0, 0.1) is 0 Å². The van der Waals surface area contributed by atoms with E-state index in [1.54, 1.807) is 12.4 Å². The zero-order chi connectivity index (χ0) is 13.7. The van der Waals surface area contributed by atoms with E-state index < -0.39 is 0 Å². The molecular weight excluding hydrogens is 260 g/mol. The molecule has 0 aliphatic heterocycles. The van der Waals surface area contributed by atoms with Gasteiger partial charge in [-0.25, -0.2) is 0 Å². The second-order valence-electron chi connectivity index (χ2n) is 4.41. The number of halogens is 1. The fraction of sp³-hybridized carbons (Fsp3) is 0.429. The minimum absolute atomic E-state index is 0.0655. The minimum atomic E-state index is 0.0655. The molecule has 0 aromatic carbocycles. The van der Waals surface area contributed by atoms with Gasteiger partial charge in [0.1, 0.15) is 0 Å². The van der Waals surface area contributed by atoms with Crippen molar-refractivity contribution in [1.82, 2.24) is 20.1 Å². The normalized spacial score (nSPS) is 12.6. The lowest BCUT2D eigenvalue weighted by Crippen LogP contribution is -2.23. The largest absolute Gasteiger partial charge is 0.306 e. The predicted octanol–water partition coefficient (Wildman–Crippen LogP) is 3.04. The third-order valence-electron chi connectivity index (χ3n) is 3.02. The van der Waals surface area contributed by atoms with Crippen molar-refractivity contribution >= 4 is 11.6 Å². The van der Waals surface area contributed by atoms with E-state index in [-0.39, 0.29) is 6.04 Å². The van der Waals surface area contributed by atoms with Crippen LogP contribution in [0.2, 0.25) is 5.02 Å². The van der Waals surface area contributed by atoms with Gasteiger partial charge in [-0.05, 0) is 31.5 Å². The lowest BCUT2D eigenvalue weighted by atomic mass is 10.0. The summed E-state index contributed by atoms with van der Waals surface area (Å²) < 4.78 is 1.92. The lowest BCUT2D eigenvalue weighted by Gasteiger charge is -2.18. The minimum Gasteiger partial charge on any atom is -0.306 e. The summed E-state index contributed by atoms with van der Waals surface area (Å²) in [6.45, 7) is 6.02. The van der Waals surface area contributed by atoms with Crippen molar-refractivity contribution in [2.45, 2.75) is 32.9 Å². The summed E-state index contributed by atoms with van der Waals surface area (Å²) in [7, 11) is 0. The van der Waals surface area contributed by atoms with Gasteiger partial charge in [-0.15, -0.1) is 0 Å². The number of aryl methyl sites for hydroxylation is 1. The van der Waals surface area contributed by atoms with E-state index >= 15 is 0 Å². The third kappa shape index (κ3) is 3.33. The first-order chi connectivity index (χ1) is 9.26. The first-order valence-corrected chi connectivity index (χ1v) is 6.99. The molecule has 4 nitrogen and oxygen atoms in total. The van der Waals surface area contributed by atoms with Crippen molar-refractivity contribution < 1.29 is 0 Å². The van der Waals surface area contributed by atoms with Gasteiger partial charge < -0.3 is 5.32 Å². The maximum absolute atomic E-state index is 6.26. The first-order valence-electron chi connectivity index (χ1n) is 6.61. The third-order valence-corrected chi connectivity index (χ3v) is 3.34. The molecule has 0 radical (unpaired) electrons. The molecule has 0 aliphatic rings. The second kappa shape index (κ2) is 6.68. The fourth-order valence-corrected chi connectivity index (χ4v) is 2.25. The van der Waals surface area contributed by atoms with Crippen LogP contribution in [0.1, 0.15) is 37.4 Å². The molecule has 1 unspecified atom stereocenters. The highest BCUT2D eigenvalue weighted by atomic mass is 35.5. The van der Waals surface area contributed by atoms with Crippen LogP contribution >= 0.6 is 11.6 Å². The standard InChI is InChI=1S/C14H19ClN4/c1-3-6-17-14(11-8-18-19(4-2)10-11)12-5-7-16-9-13(12)15/h5,7-10,14,17H,3-4,6H2,1-2H3. The van der Waals surface area contributed by atoms with Crippen LogP contribution in [-0.2, 0) is 6.54 Å². The zero-order valence-electron chi connectivity index (χ0n) is 11.3. The molecule has 5 heteroatoms. The molecular formula is C14H19ClN4. The van der Waals surface area contributed by atoms with Crippen molar-refractivity contribution in [1.29, 1.82) is 0 Å². The molecule has 0 amide bonds. The van der Waals surface area contributed by atoms with Crippen LogP contribution in [0.25, 0.3) is 0 Å². The highest BCUT2D eigenvalue weighted by Gasteiger charge is 2.17. The Morgan fingerprint density at radius 1 is 1.37 bits per heavy atom. The van der Waals surface area contributed by atoms with Crippen molar-refractivity contribution in [3.05, 3.63) is 47.0 Å². The van der Waals surface area contributed by atoms with Crippen LogP contribution in [0.3, 0.4) is 0 Å². The van der Waals surface area contributed by atoms with Gasteiger partial charge in [0.25, 0.3) is 0 Å². The number of hydrogen-bond acceptors (Lipinski definition) is 3. The predicted molar refractivity (Wildman–Crippen MR) is 77.3 cm³/mol. The number of rotatable bonds is 6. The summed E-state index contributed by atoms with van der Waals surface area (Å²) in [5, 5.41) is 8.53. The molecule has 0 saturated carbocycles. The van der Waals surface area contributed by atoms with E-state index in [2.05, 4.69) is 35.4 Å². The molecule has 0 bridgehead atoms. The number of nitrogens with one attached hydrogen (secondary N) is 1. The molecule has 0 saturated heterocycles. The number of hydrogen-bond donors (Lipinski definition) is 1. The molecule has 0 spiro atoms. The highest BCUT2D eigenvalue weighted by molar-refractivity contribution is 6.31. The average Bonchev–Trinajstić information content (AvgIpc) is 2.90. The lowest BCUT2D eigenvalue weighted by molar-refractivity contribution is 0.596. The summed E-state index contributed by atoms with van der Waals surface area (Å²) in [6.07, 6.45) is 8.48. The highest BCUT2D eigenvalue weighted by Crippen LogP contribution is 2.27. The van der Waals surface area contributed by atoms with Crippen LogP contribution in [-0.4, -0.2) is 21.3 Å². The van der Waals surface area contributed by atoms with Crippen LogP contribution < -0.4 is 5.32 Å². The molecule has 102 valence electrons. The smallest absolute Gasteiger partial charge is 0.0640 e. The number of pyridine rings is 1. The Hall–Kier alpha value is -1.39. The van der Waals surface area contributed by atoms with Gasteiger partial charge in [-0.3, -0.25) is 9.67 Å². The summed E-state index contributed by atoms with van der Waals surface area (Å²) in [6, 6.07) is 2.02. The van der Waals surface area contributed by atoms with Gasteiger partial charge in [0.15, 0.2) is 0 Å². The molecule has 0 aliphatic carbocycles. The van der Waals surface area contributed by atoms with Gasteiger partial charge >= 0.3 is 0 Å². The van der Waals surface area contributed by atoms with Gasteiger partial charge in [0.2, 0.25) is 0 Å². The Labute approximate surface area is 118 Å². The maximum Gasteiger partial charge on any atom is 0.0640 e. The summed E-state index contributed by atoms with van der Waals surface area (Å²) >= 11 is 6.26. The SMILES string of the molecule is CCCNC(c1cnn(CC)c1)c1ccncc1Cl. The Balaban J connectivity index is 2.32. The summed E-state index contributed by atoms with van der Waals surface area (Å²) in [4.78, 5) is 4.04. The van der Waals surface area contributed by atoms with E-state index in [0.717, 1.165) is 30.6 Å². The van der Waals surface area contributed by atoms with E-state index in [1.807, 2.05) is 16.9 Å². The van der Waals surface area contributed by atoms with Crippen molar-refractivity contribution in [3.63, 3.8) is 0 Å². The molecule has 1 atom stereocenters. The first kappa shape index (κ1) is 14.0. The Kier molecular flexibility index (Phi) is 4.93. The van der Waals surface area contributed by atoms with Crippen LogP contribution in [0.5, 0.6) is 0 Å². The van der Waals surface area contributed by atoms with Gasteiger partial charge in [0.05, 0.1) is 17.3 Å². The Morgan fingerprint density at radius 3 is 2.84 bits per heavy atom. The molecule has 2 aromatic rings. The molecule has 2 aromatic heterocycles. The molecule has 1 N–H and O–H groups in total. The Morgan fingerprint density at radius 2 is 2.21 bits per heavy atom. The van der Waals surface area contributed by atoms with Crippen molar-refractivity contribution in [2.75, 3.05) is 6.54 Å². The van der Waals surface area contributed by atoms with E-state index in [0.29, 0.717) is 5.02 Å². The Bertz CT molecular complexity index is 524. The monoisotopic (exact) mass is 278 g/mol. The van der Waals surface area contributed by atoms with Crippen molar-refractivity contribution in [2.24, 2.45) is 0 Å². The molecule has 2 rings (SSSR count). The maximum atomic E-state index is 6.26. The van der Waals surface area contributed by atoms with Gasteiger partial charge in [-0.2, -0.15) is 5.10 Å². The average molecular weight is 279 g/mol. The van der Waals surface area contributed by atoms with E-state index in [9.17, 15) is 0 Å². The van der Waals surface area contributed by atoms with Crippen LogP contribution in [0.15, 0.2) is 30.9 Å². The number of aromatic nitrogens is 3. The summed E-state index contributed by atoms with van der Waals surface area (Å²) in [5.74, 6) is 0. The van der Waals surface area contributed by atoms with E-state index in [1.165, 1.54) is 0 Å².